The molecule has 2 heterocycles. The van der Waals surface area contributed by atoms with Gasteiger partial charge in [0.05, 0.1) is 0 Å². The Kier molecular flexibility index (Phi) is 4.40. The van der Waals surface area contributed by atoms with Gasteiger partial charge in [0.15, 0.2) is 0 Å². The fraction of sp³-hybridized carbons (Fsp3) is 0.182. The van der Waals surface area contributed by atoms with Gasteiger partial charge in [-0.2, -0.15) is 0 Å². The summed E-state index contributed by atoms with van der Waals surface area (Å²) in [4.78, 5) is 18.9. The van der Waals surface area contributed by atoms with Crippen LogP contribution in [0, 0.1) is 6.92 Å². The van der Waals surface area contributed by atoms with Crippen molar-refractivity contribution >= 4 is 5.91 Å². The highest BCUT2D eigenvalue weighted by molar-refractivity contribution is 5.97. The van der Waals surface area contributed by atoms with Gasteiger partial charge in [-0.1, -0.05) is 29.8 Å². The van der Waals surface area contributed by atoms with E-state index in [1.807, 2.05) is 66.4 Å². The molecule has 0 aliphatic carbocycles. The smallest absolute Gasteiger partial charge is 0.254 e. The van der Waals surface area contributed by atoms with E-state index in [4.69, 9.17) is 4.74 Å². The summed E-state index contributed by atoms with van der Waals surface area (Å²) in [5.41, 5.74) is 4.03. The van der Waals surface area contributed by atoms with E-state index in [2.05, 4.69) is 4.98 Å². The molecule has 0 atom stereocenters. The van der Waals surface area contributed by atoms with Crippen LogP contribution < -0.4 is 4.74 Å². The molecule has 0 saturated carbocycles. The number of carbonyl (C=O) groups excluding carboxylic acids is 1. The first-order chi connectivity index (χ1) is 12.7. The van der Waals surface area contributed by atoms with Crippen LogP contribution >= 0.6 is 0 Å². The van der Waals surface area contributed by atoms with Gasteiger partial charge in [0.1, 0.15) is 11.5 Å². The van der Waals surface area contributed by atoms with Crippen LogP contribution in [0.25, 0.3) is 0 Å². The predicted octanol–water partition coefficient (Wildman–Crippen LogP) is 4.38. The van der Waals surface area contributed by atoms with Crippen molar-refractivity contribution in [3.8, 4) is 11.5 Å². The minimum absolute atomic E-state index is 0.0458. The molecular formula is C22H20N2O2. The highest BCUT2D eigenvalue weighted by atomic mass is 16.5. The zero-order valence-corrected chi connectivity index (χ0v) is 14.7. The van der Waals surface area contributed by atoms with Gasteiger partial charge in [-0.3, -0.25) is 9.78 Å². The zero-order valence-electron chi connectivity index (χ0n) is 14.7. The van der Waals surface area contributed by atoms with Crippen LogP contribution in [0.1, 0.15) is 27.0 Å². The fourth-order valence-corrected chi connectivity index (χ4v) is 3.17. The fourth-order valence-electron chi connectivity index (χ4n) is 3.17. The molecule has 1 aliphatic rings. The van der Waals surface area contributed by atoms with Crippen LogP contribution in [-0.2, 0) is 13.0 Å². The summed E-state index contributed by atoms with van der Waals surface area (Å²) in [7, 11) is 0. The average Bonchev–Trinajstić information content (AvgIpc) is 2.67. The Labute approximate surface area is 153 Å². The van der Waals surface area contributed by atoms with Crippen molar-refractivity contribution in [1.29, 1.82) is 0 Å². The number of aryl methyl sites for hydroxylation is 1. The topological polar surface area (TPSA) is 42.4 Å². The Balaban J connectivity index is 1.55. The van der Waals surface area contributed by atoms with E-state index < -0.39 is 0 Å². The third-order valence-electron chi connectivity index (χ3n) is 4.60. The highest BCUT2D eigenvalue weighted by Gasteiger charge is 2.25. The number of aromatic nitrogens is 1. The predicted molar refractivity (Wildman–Crippen MR) is 100 cm³/mol. The molecule has 1 aliphatic heterocycles. The lowest BCUT2D eigenvalue weighted by atomic mass is 9.98. The number of fused-ring (bicyclic) bond motifs is 1. The molecular weight excluding hydrogens is 324 g/mol. The summed E-state index contributed by atoms with van der Waals surface area (Å²) in [5, 5.41) is 0. The molecule has 2 aromatic carbocycles. The number of pyridine rings is 1. The summed E-state index contributed by atoms with van der Waals surface area (Å²) in [6.45, 7) is 3.34. The van der Waals surface area contributed by atoms with E-state index in [9.17, 15) is 4.79 Å². The first-order valence-electron chi connectivity index (χ1n) is 8.75. The average molecular weight is 344 g/mol. The molecule has 3 aromatic rings. The van der Waals surface area contributed by atoms with Gasteiger partial charge >= 0.3 is 0 Å². The molecule has 1 amide bonds. The van der Waals surface area contributed by atoms with Crippen molar-refractivity contribution in [3.63, 3.8) is 0 Å². The second-order valence-electron chi connectivity index (χ2n) is 6.57. The van der Waals surface area contributed by atoms with Gasteiger partial charge in [-0.15, -0.1) is 0 Å². The maximum Gasteiger partial charge on any atom is 0.254 e. The second-order valence-corrected chi connectivity index (χ2v) is 6.57. The molecule has 0 spiro atoms. The first-order valence-corrected chi connectivity index (χ1v) is 8.75. The lowest BCUT2D eigenvalue weighted by Gasteiger charge is -2.28. The lowest BCUT2D eigenvalue weighted by molar-refractivity contribution is 0.0726. The van der Waals surface area contributed by atoms with Crippen molar-refractivity contribution in [3.05, 3.63) is 89.2 Å². The lowest BCUT2D eigenvalue weighted by Crippen LogP contribution is -2.37. The standard InChI is InChI=1S/C22H20N2O2/c1-16-4-7-19(8-5-16)26-20-9-6-18-10-12-24(22(25)21(18)13-20)15-17-3-2-11-23-14-17/h2-9,11,13-14H,10,12,15H2,1H3. The van der Waals surface area contributed by atoms with Gasteiger partial charge in [-0.05, 0) is 54.8 Å². The molecule has 0 unspecified atom stereocenters. The molecule has 4 heteroatoms. The quantitative estimate of drug-likeness (QED) is 0.705. The van der Waals surface area contributed by atoms with E-state index in [1.54, 1.807) is 12.4 Å². The number of hydrogen-bond donors (Lipinski definition) is 0. The van der Waals surface area contributed by atoms with E-state index in [-0.39, 0.29) is 5.91 Å². The Hall–Kier alpha value is -3.14. The number of hydrogen-bond acceptors (Lipinski definition) is 3. The molecule has 26 heavy (non-hydrogen) atoms. The Bertz CT molecular complexity index is 921. The molecule has 130 valence electrons. The van der Waals surface area contributed by atoms with Crippen LogP contribution in [0.15, 0.2) is 67.0 Å². The van der Waals surface area contributed by atoms with Gasteiger partial charge in [-0.25, -0.2) is 0 Å². The molecule has 0 N–H and O–H groups in total. The first kappa shape index (κ1) is 16.3. The number of nitrogens with zero attached hydrogens (tertiary/aromatic N) is 2. The van der Waals surface area contributed by atoms with Crippen molar-refractivity contribution in [2.75, 3.05) is 6.54 Å². The third-order valence-corrected chi connectivity index (χ3v) is 4.60. The van der Waals surface area contributed by atoms with E-state index in [0.717, 1.165) is 35.4 Å². The maximum absolute atomic E-state index is 12.9. The number of benzene rings is 2. The molecule has 0 radical (unpaired) electrons. The summed E-state index contributed by atoms with van der Waals surface area (Å²) >= 11 is 0. The minimum Gasteiger partial charge on any atom is -0.457 e. The Morgan fingerprint density at radius 3 is 2.65 bits per heavy atom. The molecule has 0 bridgehead atoms. The molecule has 1 aromatic heterocycles. The normalized spacial score (nSPS) is 13.4. The third kappa shape index (κ3) is 3.45. The molecule has 4 rings (SSSR count). The minimum atomic E-state index is 0.0458. The van der Waals surface area contributed by atoms with Crippen LogP contribution in [-0.4, -0.2) is 22.3 Å². The van der Waals surface area contributed by atoms with Crippen molar-refractivity contribution in [2.24, 2.45) is 0 Å². The van der Waals surface area contributed by atoms with E-state index in [0.29, 0.717) is 12.3 Å². The summed E-state index contributed by atoms with van der Waals surface area (Å²) in [5.74, 6) is 1.50. The van der Waals surface area contributed by atoms with Crippen molar-refractivity contribution in [2.45, 2.75) is 19.9 Å². The zero-order chi connectivity index (χ0) is 17.9. The maximum atomic E-state index is 12.9. The van der Waals surface area contributed by atoms with E-state index >= 15 is 0 Å². The van der Waals surface area contributed by atoms with Gasteiger partial charge in [0.2, 0.25) is 0 Å². The Morgan fingerprint density at radius 1 is 1.08 bits per heavy atom. The number of amides is 1. The van der Waals surface area contributed by atoms with Crippen LogP contribution in [0.5, 0.6) is 11.5 Å². The van der Waals surface area contributed by atoms with Crippen molar-refractivity contribution in [1.82, 2.24) is 9.88 Å². The van der Waals surface area contributed by atoms with Gasteiger partial charge < -0.3 is 9.64 Å². The van der Waals surface area contributed by atoms with Crippen molar-refractivity contribution < 1.29 is 9.53 Å². The largest absolute Gasteiger partial charge is 0.457 e. The number of rotatable bonds is 4. The SMILES string of the molecule is Cc1ccc(Oc2ccc3c(c2)C(=O)N(Cc2cccnc2)CC3)cc1. The van der Waals surface area contributed by atoms with Gasteiger partial charge in [0.25, 0.3) is 5.91 Å². The summed E-state index contributed by atoms with van der Waals surface area (Å²) in [6.07, 6.45) is 4.40. The van der Waals surface area contributed by atoms with Crippen LogP contribution in [0.3, 0.4) is 0 Å². The number of carbonyl (C=O) groups is 1. The highest BCUT2D eigenvalue weighted by Crippen LogP contribution is 2.28. The second kappa shape index (κ2) is 7.00. The Morgan fingerprint density at radius 2 is 1.88 bits per heavy atom. The van der Waals surface area contributed by atoms with Crippen LogP contribution in [0.2, 0.25) is 0 Å². The summed E-state index contributed by atoms with van der Waals surface area (Å²) < 4.78 is 5.92. The molecule has 0 saturated heterocycles. The van der Waals surface area contributed by atoms with Crippen LogP contribution in [0.4, 0.5) is 0 Å². The monoisotopic (exact) mass is 344 g/mol. The number of ether oxygens (including phenoxy) is 1. The summed E-state index contributed by atoms with van der Waals surface area (Å²) in [6, 6.07) is 17.6. The van der Waals surface area contributed by atoms with Gasteiger partial charge in [0, 0.05) is 31.0 Å². The van der Waals surface area contributed by atoms with E-state index in [1.165, 1.54) is 5.56 Å². The molecule has 0 fully saturated rings. The molecule has 4 nitrogen and oxygen atoms in total.